The van der Waals surface area contributed by atoms with Crippen molar-refractivity contribution >= 4 is 16.8 Å². The van der Waals surface area contributed by atoms with Crippen molar-refractivity contribution in [3.63, 3.8) is 0 Å². The Morgan fingerprint density at radius 2 is 1.87 bits per heavy atom. The Balaban J connectivity index is 1.69. The quantitative estimate of drug-likeness (QED) is 0.750. The van der Waals surface area contributed by atoms with Crippen molar-refractivity contribution in [3.05, 3.63) is 70.4 Å². The molecule has 0 saturated carbocycles. The molecule has 118 valence electrons. The predicted octanol–water partition coefficient (Wildman–Crippen LogP) is 4.07. The van der Waals surface area contributed by atoms with E-state index in [-0.39, 0.29) is 5.91 Å². The van der Waals surface area contributed by atoms with Crippen LogP contribution in [0.2, 0.25) is 0 Å². The molecule has 0 aliphatic heterocycles. The number of nitrogens with one attached hydrogen (secondary N) is 2. The van der Waals surface area contributed by atoms with Crippen LogP contribution in [0.15, 0.2) is 42.5 Å². The first-order valence-electron chi connectivity index (χ1n) is 7.98. The summed E-state index contributed by atoms with van der Waals surface area (Å²) in [7, 11) is 0. The van der Waals surface area contributed by atoms with Gasteiger partial charge in [0.1, 0.15) is 0 Å². The topological polar surface area (TPSA) is 44.9 Å². The van der Waals surface area contributed by atoms with Crippen LogP contribution in [-0.2, 0) is 6.42 Å². The number of benzene rings is 2. The molecular weight excluding hydrogens is 284 g/mol. The van der Waals surface area contributed by atoms with Crippen LogP contribution < -0.4 is 5.32 Å². The minimum Gasteiger partial charge on any atom is -0.358 e. The highest BCUT2D eigenvalue weighted by atomic mass is 16.1. The van der Waals surface area contributed by atoms with E-state index < -0.39 is 0 Å². The minimum absolute atomic E-state index is 0.0151. The van der Waals surface area contributed by atoms with Gasteiger partial charge in [0.15, 0.2) is 0 Å². The number of carbonyl (C=O) groups is 1. The molecule has 3 nitrogen and oxygen atoms in total. The molecule has 23 heavy (non-hydrogen) atoms. The highest BCUT2D eigenvalue weighted by Gasteiger charge is 2.09. The third-order valence-electron chi connectivity index (χ3n) is 4.51. The fraction of sp³-hybridized carbons (Fsp3) is 0.250. The van der Waals surface area contributed by atoms with Crippen molar-refractivity contribution in [2.24, 2.45) is 0 Å². The van der Waals surface area contributed by atoms with E-state index in [1.165, 1.54) is 16.7 Å². The van der Waals surface area contributed by atoms with Gasteiger partial charge in [0, 0.05) is 28.7 Å². The number of hydrogen-bond donors (Lipinski definition) is 2. The van der Waals surface area contributed by atoms with E-state index >= 15 is 0 Å². The van der Waals surface area contributed by atoms with Crippen molar-refractivity contribution in [1.29, 1.82) is 0 Å². The van der Waals surface area contributed by atoms with Gasteiger partial charge in [-0.3, -0.25) is 4.79 Å². The van der Waals surface area contributed by atoms with Gasteiger partial charge in [-0.1, -0.05) is 24.3 Å². The summed E-state index contributed by atoms with van der Waals surface area (Å²) < 4.78 is 0. The monoisotopic (exact) mass is 306 g/mol. The second-order valence-corrected chi connectivity index (χ2v) is 6.07. The second kappa shape index (κ2) is 6.29. The van der Waals surface area contributed by atoms with Crippen molar-refractivity contribution in [3.8, 4) is 0 Å². The van der Waals surface area contributed by atoms with Crippen LogP contribution in [0, 0.1) is 20.8 Å². The van der Waals surface area contributed by atoms with E-state index in [9.17, 15) is 4.79 Å². The number of aryl methyl sites for hydroxylation is 3. The molecule has 3 aromatic rings. The van der Waals surface area contributed by atoms with E-state index in [4.69, 9.17) is 0 Å². The van der Waals surface area contributed by atoms with Gasteiger partial charge in [-0.25, -0.2) is 0 Å². The second-order valence-electron chi connectivity index (χ2n) is 6.07. The molecule has 2 aromatic carbocycles. The maximum absolute atomic E-state index is 12.4. The van der Waals surface area contributed by atoms with Gasteiger partial charge < -0.3 is 10.3 Å². The smallest absolute Gasteiger partial charge is 0.251 e. The van der Waals surface area contributed by atoms with Crippen molar-refractivity contribution in [1.82, 2.24) is 10.3 Å². The van der Waals surface area contributed by atoms with Gasteiger partial charge in [-0.2, -0.15) is 0 Å². The molecule has 0 saturated heterocycles. The summed E-state index contributed by atoms with van der Waals surface area (Å²) in [5, 5.41) is 4.14. The fourth-order valence-corrected chi connectivity index (χ4v) is 2.91. The lowest BCUT2D eigenvalue weighted by Gasteiger charge is -2.08. The fourth-order valence-electron chi connectivity index (χ4n) is 2.91. The zero-order valence-electron chi connectivity index (χ0n) is 13.9. The Hall–Kier alpha value is -2.55. The SMILES string of the molecule is Cc1ccccc1CCNC(=O)c1ccc2[nH]c(C)c(C)c2c1. The molecule has 0 aliphatic rings. The summed E-state index contributed by atoms with van der Waals surface area (Å²) in [4.78, 5) is 15.7. The van der Waals surface area contributed by atoms with E-state index in [2.05, 4.69) is 43.2 Å². The molecule has 0 radical (unpaired) electrons. The maximum Gasteiger partial charge on any atom is 0.251 e. The number of amides is 1. The van der Waals surface area contributed by atoms with Gasteiger partial charge in [0.05, 0.1) is 0 Å². The molecule has 0 aliphatic carbocycles. The average Bonchev–Trinajstić information content (AvgIpc) is 2.83. The average molecular weight is 306 g/mol. The molecule has 0 atom stereocenters. The van der Waals surface area contributed by atoms with Crippen molar-refractivity contribution < 1.29 is 4.79 Å². The van der Waals surface area contributed by atoms with Gasteiger partial charge in [-0.15, -0.1) is 0 Å². The van der Waals surface area contributed by atoms with Gasteiger partial charge >= 0.3 is 0 Å². The lowest BCUT2D eigenvalue weighted by molar-refractivity contribution is 0.0954. The Morgan fingerprint density at radius 3 is 2.65 bits per heavy atom. The van der Waals surface area contributed by atoms with Crippen LogP contribution in [-0.4, -0.2) is 17.4 Å². The van der Waals surface area contributed by atoms with Gasteiger partial charge in [-0.05, 0) is 62.1 Å². The number of carbonyl (C=O) groups excluding carboxylic acids is 1. The lowest BCUT2D eigenvalue weighted by atomic mass is 10.1. The summed E-state index contributed by atoms with van der Waals surface area (Å²) in [6, 6.07) is 14.1. The largest absolute Gasteiger partial charge is 0.358 e. The maximum atomic E-state index is 12.4. The first-order chi connectivity index (χ1) is 11.1. The standard InChI is InChI=1S/C20H22N2O/c1-13-6-4-5-7-16(13)10-11-21-20(23)17-8-9-19-18(12-17)14(2)15(3)22-19/h4-9,12,22H,10-11H2,1-3H3,(H,21,23). The number of aromatic nitrogens is 1. The molecular formula is C20H22N2O. The van der Waals surface area contributed by atoms with E-state index in [1.807, 2.05) is 30.3 Å². The molecule has 0 unspecified atom stereocenters. The summed E-state index contributed by atoms with van der Waals surface area (Å²) >= 11 is 0. The zero-order chi connectivity index (χ0) is 16.4. The number of aromatic amines is 1. The highest BCUT2D eigenvalue weighted by Crippen LogP contribution is 2.22. The van der Waals surface area contributed by atoms with Gasteiger partial charge in [0.2, 0.25) is 0 Å². The first kappa shape index (κ1) is 15.3. The Bertz CT molecular complexity index is 861. The lowest BCUT2D eigenvalue weighted by Crippen LogP contribution is -2.25. The van der Waals surface area contributed by atoms with E-state index in [0.29, 0.717) is 12.1 Å². The first-order valence-corrected chi connectivity index (χ1v) is 7.98. The molecule has 3 heteroatoms. The molecule has 3 rings (SSSR count). The van der Waals surface area contributed by atoms with Crippen LogP contribution in [0.1, 0.15) is 32.7 Å². The summed E-state index contributed by atoms with van der Waals surface area (Å²) in [6.07, 6.45) is 0.850. The van der Waals surface area contributed by atoms with Crippen LogP contribution >= 0.6 is 0 Å². The molecule has 0 spiro atoms. The minimum atomic E-state index is -0.0151. The summed E-state index contributed by atoms with van der Waals surface area (Å²) in [5.74, 6) is -0.0151. The normalized spacial score (nSPS) is 10.9. The summed E-state index contributed by atoms with van der Waals surface area (Å²) in [5.41, 5.74) is 6.69. The third kappa shape index (κ3) is 3.14. The highest BCUT2D eigenvalue weighted by molar-refractivity contribution is 5.99. The predicted molar refractivity (Wildman–Crippen MR) is 95.0 cm³/mol. The Labute approximate surface area is 136 Å². The molecule has 2 N–H and O–H groups in total. The van der Waals surface area contributed by atoms with Crippen LogP contribution in [0.5, 0.6) is 0 Å². The molecule has 0 bridgehead atoms. The number of fused-ring (bicyclic) bond motifs is 1. The van der Waals surface area contributed by atoms with Crippen molar-refractivity contribution in [2.75, 3.05) is 6.54 Å². The Kier molecular flexibility index (Phi) is 4.20. The molecule has 0 fully saturated rings. The van der Waals surface area contributed by atoms with E-state index in [0.717, 1.165) is 23.0 Å². The van der Waals surface area contributed by atoms with Crippen LogP contribution in [0.25, 0.3) is 10.9 Å². The third-order valence-corrected chi connectivity index (χ3v) is 4.51. The van der Waals surface area contributed by atoms with Crippen molar-refractivity contribution in [2.45, 2.75) is 27.2 Å². The Morgan fingerprint density at radius 1 is 1.09 bits per heavy atom. The molecule has 1 aromatic heterocycles. The number of H-pyrrole nitrogens is 1. The van der Waals surface area contributed by atoms with E-state index in [1.54, 1.807) is 0 Å². The number of rotatable bonds is 4. The molecule has 1 heterocycles. The van der Waals surface area contributed by atoms with Gasteiger partial charge in [0.25, 0.3) is 5.91 Å². The van der Waals surface area contributed by atoms with Crippen LogP contribution in [0.4, 0.5) is 0 Å². The van der Waals surface area contributed by atoms with Crippen LogP contribution in [0.3, 0.4) is 0 Å². The molecule has 1 amide bonds. The summed E-state index contributed by atoms with van der Waals surface area (Å²) in [6.45, 7) is 6.88. The zero-order valence-corrected chi connectivity index (χ0v) is 13.9. The number of hydrogen-bond acceptors (Lipinski definition) is 1.